The summed E-state index contributed by atoms with van der Waals surface area (Å²) in [6, 6.07) is 9.93. The number of benzene rings is 2. The summed E-state index contributed by atoms with van der Waals surface area (Å²) in [4.78, 5) is 24.4. The topological polar surface area (TPSA) is 149 Å². The predicted molar refractivity (Wildman–Crippen MR) is 183 cm³/mol. The van der Waals surface area contributed by atoms with E-state index < -0.39 is 34.7 Å². The minimum Gasteiger partial charge on any atom is -0.490 e. The lowest BCUT2D eigenvalue weighted by atomic mass is 9.68. The molecule has 3 unspecified atom stereocenters. The van der Waals surface area contributed by atoms with Crippen LogP contribution in [0.1, 0.15) is 98.0 Å². The Labute approximate surface area is 290 Å². The molecule has 1 heterocycles. The van der Waals surface area contributed by atoms with Crippen molar-refractivity contribution >= 4 is 5.97 Å². The molecule has 3 rings (SSSR count). The molecule has 0 saturated heterocycles. The Morgan fingerprint density at radius 2 is 1.57 bits per heavy atom. The Kier molecular flexibility index (Phi) is 15.1. The van der Waals surface area contributed by atoms with Crippen LogP contribution in [0, 0.1) is 27.4 Å². The fraction of sp³-hybridized carbons (Fsp3) is 0.622. The molecule has 0 N–H and O–H groups in total. The second-order valence-corrected chi connectivity index (χ2v) is 12.6. The summed E-state index contributed by atoms with van der Waals surface area (Å²) in [5.41, 5.74) is -0.751. The average molecular weight is 685 g/mol. The molecule has 3 atom stereocenters. The number of methoxy groups -OCH3 is 2. The number of esters is 1. The van der Waals surface area contributed by atoms with E-state index in [-0.39, 0.29) is 25.2 Å². The summed E-state index contributed by atoms with van der Waals surface area (Å²) in [5.74, 6) is 1.39. The molecular formula is C37H52N2O10. The zero-order valence-corrected chi connectivity index (χ0v) is 30.0. The largest absolute Gasteiger partial charge is 0.490 e. The van der Waals surface area contributed by atoms with Gasteiger partial charge in [-0.2, -0.15) is 5.26 Å². The van der Waals surface area contributed by atoms with Gasteiger partial charge in [0.05, 0.1) is 45.3 Å². The molecule has 12 heteroatoms. The van der Waals surface area contributed by atoms with Crippen LogP contribution in [-0.4, -0.2) is 56.8 Å². The van der Waals surface area contributed by atoms with Crippen LogP contribution in [0.3, 0.4) is 0 Å². The Morgan fingerprint density at radius 3 is 2.06 bits per heavy atom. The first kappa shape index (κ1) is 39.0. The molecule has 0 amide bonds. The van der Waals surface area contributed by atoms with Gasteiger partial charge < -0.3 is 33.2 Å². The molecule has 12 nitrogen and oxygen atoms in total. The zero-order valence-electron chi connectivity index (χ0n) is 30.0. The molecule has 0 bridgehead atoms. The van der Waals surface area contributed by atoms with Crippen molar-refractivity contribution in [2.45, 2.75) is 116 Å². The molecule has 0 radical (unpaired) electrons. The number of carbonyl (C=O) groups excluding carboxylic acids is 1. The van der Waals surface area contributed by atoms with Gasteiger partial charge in [0, 0.05) is 17.4 Å². The van der Waals surface area contributed by atoms with Crippen LogP contribution >= 0.6 is 0 Å². The van der Waals surface area contributed by atoms with Gasteiger partial charge in [-0.05, 0) is 49.8 Å². The Balaban J connectivity index is 2.07. The number of rotatable bonds is 22. The molecule has 1 aliphatic heterocycles. The summed E-state index contributed by atoms with van der Waals surface area (Å²) >= 11 is 0. The van der Waals surface area contributed by atoms with E-state index in [4.69, 9.17) is 33.2 Å². The van der Waals surface area contributed by atoms with Crippen molar-refractivity contribution < 1.29 is 42.9 Å². The normalized spacial score (nSPS) is 14.8. The number of para-hydroxylation sites is 2. The van der Waals surface area contributed by atoms with Crippen molar-refractivity contribution in [2.24, 2.45) is 5.92 Å². The number of ether oxygens (including phenoxy) is 7. The Bertz CT molecular complexity index is 1400. The SMILES string of the molecule is CCCCCOc1cc(C(C#N)(CCC(OC(C)=O)C(CC2Oc3ccccc3O2)[N+](=O)[O-])C(C)C)c(OCCCCC)c(OC)c1OC. The highest BCUT2D eigenvalue weighted by atomic mass is 16.7. The molecule has 0 aromatic heterocycles. The van der Waals surface area contributed by atoms with Gasteiger partial charge in [0.25, 0.3) is 6.04 Å². The Morgan fingerprint density at radius 1 is 0.980 bits per heavy atom. The number of hydrogen-bond donors (Lipinski definition) is 0. The minimum absolute atomic E-state index is 0.00700. The van der Waals surface area contributed by atoms with Crippen LogP contribution in [0.4, 0.5) is 0 Å². The van der Waals surface area contributed by atoms with Crippen LogP contribution in [0.5, 0.6) is 34.5 Å². The first-order valence-electron chi connectivity index (χ1n) is 17.3. The van der Waals surface area contributed by atoms with Gasteiger partial charge in [0.1, 0.15) is 0 Å². The molecule has 0 fully saturated rings. The number of fused-ring (bicyclic) bond motifs is 1. The highest BCUT2D eigenvalue weighted by molar-refractivity contribution is 5.67. The lowest BCUT2D eigenvalue weighted by Crippen LogP contribution is -2.43. The molecule has 2 aromatic rings. The first-order valence-corrected chi connectivity index (χ1v) is 17.3. The summed E-state index contributed by atoms with van der Waals surface area (Å²) in [5, 5.41) is 23.6. The van der Waals surface area contributed by atoms with Gasteiger partial charge in [0.2, 0.25) is 17.8 Å². The zero-order chi connectivity index (χ0) is 36.0. The van der Waals surface area contributed by atoms with Crippen LogP contribution in [0.2, 0.25) is 0 Å². The average Bonchev–Trinajstić information content (AvgIpc) is 3.50. The van der Waals surface area contributed by atoms with E-state index in [1.165, 1.54) is 21.1 Å². The van der Waals surface area contributed by atoms with Crippen molar-refractivity contribution in [2.75, 3.05) is 27.4 Å². The lowest BCUT2D eigenvalue weighted by Gasteiger charge is -2.35. The monoisotopic (exact) mass is 684 g/mol. The molecule has 1 aliphatic rings. The number of hydrogen-bond acceptors (Lipinski definition) is 11. The van der Waals surface area contributed by atoms with Gasteiger partial charge in [-0.1, -0.05) is 65.5 Å². The molecule has 0 saturated carbocycles. The first-order chi connectivity index (χ1) is 23.6. The number of nitro groups is 1. The molecule has 49 heavy (non-hydrogen) atoms. The summed E-state index contributed by atoms with van der Waals surface area (Å²) < 4.78 is 41.5. The van der Waals surface area contributed by atoms with E-state index in [1.807, 2.05) is 13.8 Å². The highest BCUT2D eigenvalue weighted by Gasteiger charge is 2.45. The molecule has 0 aliphatic carbocycles. The molecule has 0 spiro atoms. The fourth-order valence-corrected chi connectivity index (χ4v) is 6.13. The number of nitrogens with zero attached hydrogens (tertiary/aromatic N) is 2. The van der Waals surface area contributed by atoms with Crippen LogP contribution in [0.25, 0.3) is 0 Å². The van der Waals surface area contributed by atoms with Crippen LogP contribution in [-0.2, 0) is 14.9 Å². The van der Waals surface area contributed by atoms with Crippen LogP contribution in [0.15, 0.2) is 30.3 Å². The summed E-state index contributed by atoms with van der Waals surface area (Å²) in [6.45, 7) is 10.0. The molecule has 2 aromatic carbocycles. The van der Waals surface area contributed by atoms with E-state index >= 15 is 0 Å². The third-order valence-electron chi connectivity index (χ3n) is 8.87. The fourth-order valence-electron chi connectivity index (χ4n) is 6.13. The maximum Gasteiger partial charge on any atom is 0.303 e. The summed E-state index contributed by atoms with van der Waals surface area (Å²) in [6.07, 6.45) is 3.32. The second-order valence-electron chi connectivity index (χ2n) is 12.6. The molecular weight excluding hydrogens is 632 g/mol. The number of nitriles is 1. The van der Waals surface area contributed by atoms with E-state index in [9.17, 15) is 20.2 Å². The van der Waals surface area contributed by atoms with Crippen molar-refractivity contribution in [3.8, 4) is 40.6 Å². The van der Waals surface area contributed by atoms with Gasteiger partial charge in [-0.3, -0.25) is 14.9 Å². The smallest absolute Gasteiger partial charge is 0.303 e. The predicted octanol–water partition coefficient (Wildman–Crippen LogP) is 7.80. The van der Waals surface area contributed by atoms with E-state index in [1.54, 1.807) is 30.3 Å². The quantitative estimate of drug-likeness (QED) is 0.0517. The van der Waals surface area contributed by atoms with Crippen LogP contribution < -0.4 is 28.4 Å². The van der Waals surface area contributed by atoms with Gasteiger partial charge in [-0.15, -0.1) is 0 Å². The van der Waals surface area contributed by atoms with Gasteiger partial charge in [-0.25, -0.2) is 0 Å². The number of carbonyl (C=O) groups is 1. The maximum absolute atomic E-state index is 12.5. The van der Waals surface area contributed by atoms with E-state index in [0.717, 1.165) is 38.5 Å². The van der Waals surface area contributed by atoms with E-state index in [0.29, 0.717) is 53.3 Å². The van der Waals surface area contributed by atoms with E-state index in [2.05, 4.69) is 19.9 Å². The second kappa shape index (κ2) is 19.0. The van der Waals surface area contributed by atoms with Crippen molar-refractivity contribution in [3.63, 3.8) is 0 Å². The van der Waals surface area contributed by atoms with Crippen molar-refractivity contribution in [1.82, 2.24) is 0 Å². The lowest BCUT2D eigenvalue weighted by molar-refractivity contribution is -0.537. The van der Waals surface area contributed by atoms with Gasteiger partial charge >= 0.3 is 5.97 Å². The number of unbranched alkanes of at least 4 members (excludes halogenated alkanes) is 4. The van der Waals surface area contributed by atoms with Gasteiger partial charge in [0.15, 0.2) is 29.1 Å². The Hall–Kier alpha value is -4.40. The third-order valence-corrected chi connectivity index (χ3v) is 8.87. The summed E-state index contributed by atoms with van der Waals surface area (Å²) in [7, 11) is 3.03. The third kappa shape index (κ3) is 9.83. The van der Waals surface area contributed by atoms with Crippen molar-refractivity contribution in [3.05, 3.63) is 46.0 Å². The van der Waals surface area contributed by atoms with Crippen molar-refractivity contribution in [1.29, 1.82) is 5.26 Å². The maximum atomic E-state index is 12.5. The highest BCUT2D eigenvalue weighted by Crippen LogP contribution is 2.53. The minimum atomic E-state index is -1.38. The molecule has 270 valence electrons. The standard InChI is InChI=1S/C37H52N2O10/c1-8-10-14-20-45-32-22-27(34(46-21-15-11-9-2)36(44-7)35(32)43-6)37(24-38,25(3)4)19-18-29(47-26(5)40)28(39(41)42)23-33-48-30-16-12-13-17-31(30)49-33/h12-13,16-17,22,25,28-29,33H,8-11,14-15,18-21,23H2,1-7H3.